The van der Waals surface area contributed by atoms with E-state index in [4.69, 9.17) is 9.47 Å². The predicted octanol–water partition coefficient (Wildman–Crippen LogP) is 4.53. The third-order valence-electron chi connectivity index (χ3n) is 4.30. The first-order valence-corrected chi connectivity index (χ1v) is 9.70. The molecule has 0 radical (unpaired) electrons. The van der Waals surface area contributed by atoms with Crippen LogP contribution < -0.4 is 4.90 Å². The zero-order valence-corrected chi connectivity index (χ0v) is 17.1. The van der Waals surface area contributed by atoms with Crippen molar-refractivity contribution in [3.05, 3.63) is 65.4 Å². The number of nitrogens with zero attached hydrogens (tertiary/aromatic N) is 2. The number of pyridine rings is 1. The lowest BCUT2D eigenvalue weighted by molar-refractivity contribution is -0.138. The van der Waals surface area contributed by atoms with E-state index in [1.165, 1.54) is 6.08 Å². The number of carbonyl (C=O) groups is 2. The molecule has 6 heteroatoms. The Kier molecular flexibility index (Phi) is 6.32. The van der Waals surface area contributed by atoms with Gasteiger partial charge in [0.15, 0.2) is 0 Å². The molecule has 1 amide bonds. The molecule has 152 valence electrons. The highest BCUT2D eigenvalue weighted by atomic mass is 16.6. The van der Waals surface area contributed by atoms with Crippen LogP contribution in [0.4, 0.5) is 10.6 Å². The van der Waals surface area contributed by atoms with Crippen LogP contribution in [-0.4, -0.2) is 29.2 Å². The molecule has 0 unspecified atom stereocenters. The van der Waals surface area contributed by atoms with Gasteiger partial charge in [-0.15, -0.1) is 0 Å². The minimum atomic E-state index is -0.558. The van der Waals surface area contributed by atoms with Gasteiger partial charge in [-0.2, -0.15) is 0 Å². The second-order valence-electron chi connectivity index (χ2n) is 7.91. The van der Waals surface area contributed by atoms with Crippen molar-refractivity contribution in [2.45, 2.75) is 45.8 Å². The topological polar surface area (TPSA) is 68.7 Å². The van der Waals surface area contributed by atoms with E-state index >= 15 is 0 Å². The van der Waals surface area contributed by atoms with Crippen LogP contribution in [0.3, 0.4) is 0 Å². The van der Waals surface area contributed by atoms with E-state index in [0.717, 1.165) is 29.5 Å². The summed E-state index contributed by atoms with van der Waals surface area (Å²) >= 11 is 0. The molecule has 0 saturated heterocycles. The molecule has 6 nitrogen and oxygen atoms in total. The summed E-state index contributed by atoms with van der Waals surface area (Å²) in [5, 5.41) is 0. The van der Waals surface area contributed by atoms with Crippen molar-refractivity contribution in [3.8, 4) is 0 Å². The Balaban J connectivity index is 1.64. The molecule has 2 heterocycles. The van der Waals surface area contributed by atoms with Gasteiger partial charge < -0.3 is 9.47 Å². The van der Waals surface area contributed by atoms with Gasteiger partial charge in [0.05, 0.1) is 0 Å². The minimum Gasteiger partial charge on any atom is -0.458 e. The van der Waals surface area contributed by atoms with Gasteiger partial charge in [-0.25, -0.2) is 14.6 Å². The Bertz CT molecular complexity index is 901. The molecule has 1 aliphatic heterocycles. The fourth-order valence-electron chi connectivity index (χ4n) is 3.01. The molecular formula is C23H26N2O4. The smallest absolute Gasteiger partial charge is 0.416 e. The summed E-state index contributed by atoms with van der Waals surface area (Å²) in [7, 11) is 0. The summed E-state index contributed by atoms with van der Waals surface area (Å²) in [5.41, 5.74) is 2.12. The summed E-state index contributed by atoms with van der Waals surface area (Å²) in [6.07, 6.45) is 5.97. The summed E-state index contributed by atoms with van der Waals surface area (Å²) in [5.74, 6) is 0.205. The number of ether oxygens (including phenoxy) is 2. The molecule has 0 saturated carbocycles. The second kappa shape index (κ2) is 8.90. The fraction of sp³-hybridized carbons (Fsp3) is 0.348. The number of fused-ring (bicyclic) bond motifs is 1. The zero-order valence-electron chi connectivity index (χ0n) is 17.1. The standard InChI is InChI=1S/C23H26N2O4/c1-23(2,3)29-22(27)25-13-7-10-19-14-18(15-24-21(19)25)11-12-20(26)28-16-17-8-5-4-6-9-17/h4-6,8-9,11-12,14-15H,7,10,13,16H2,1-3H3. The first kappa shape index (κ1) is 20.6. The minimum absolute atomic E-state index is 0.233. The zero-order chi connectivity index (χ0) is 20.9. The number of rotatable bonds is 4. The monoisotopic (exact) mass is 394 g/mol. The largest absolute Gasteiger partial charge is 0.458 e. The fourth-order valence-corrected chi connectivity index (χ4v) is 3.01. The third kappa shape index (κ3) is 5.91. The van der Waals surface area contributed by atoms with Crippen molar-refractivity contribution in [1.29, 1.82) is 0 Å². The summed E-state index contributed by atoms with van der Waals surface area (Å²) in [6, 6.07) is 11.5. The van der Waals surface area contributed by atoms with Gasteiger partial charge in [-0.1, -0.05) is 30.3 Å². The van der Waals surface area contributed by atoms with E-state index in [1.54, 1.807) is 17.2 Å². The number of aromatic nitrogens is 1. The lowest BCUT2D eigenvalue weighted by atomic mass is 10.0. The normalized spacial score (nSPS) is 13.8. The van der Waals surface area contributed by atoms with E-state index in [0.29, 0.717) is 12.4 Å². The molecule has 3 rings (SSSR count). The van der Waals surface area contributed by atoms with Crippen molar-refractivity contribution in [2.24, 2.45) is 0 Å². The van der Waals surface area contributed by atoms with Crippen molar-refractivity contribution in [1.82, 2.24) is 4.98 Å². The Morgan fingerprint density at radius 3 is 2.69 bits per heavy atom. The van der Waals surface area contributed by atoms with E-state index < -0.39 is 17.7 Å². The molecule has 29 heavy (non-hydrogen) atoms. The predicted molar refractivity (Wildman–Crippen MR) is 111 cm³/mol. The van der Waals surface area contributed by atoms with Gasteiger partial charge in [-0.05, 0) is 62.4 Å². The summed E-state index contributed by atoms with van der Waals surface area (Å²) in [4.78, 5) is 30.4. The van der Waals surface area contributed by atoms with E-state index in [1.807, 2.05) is 57.2 Å². The van der Waals surface area contributed by atoms with Gasteiger partial charge in [0.2, 0.25) is 0 Å². The van der Waals surface area contributed by atoms with Crippen LogP contribution in [0.1, 0.15) is 43.9 Å². The van der Waals surface area contributed by atoms with Crippen molar-refractivity contribution in [3.63, 3.8) is 0 Å². The summed E-state index contributed by atoms with van der Waals surface area (Å²) in [6.45, 7) is 6.34. The van der Waals surface area contributed by atoms with Gasteiger partial charge >= 0.3 is 12.1 Å². The number of amides is 1. The first-order chi connectivity index (χ1) is 13.8. The van der Waals surface area contributed by atoms with Gasteiger partial charge in [-0.3, -0.25) is 4.90 Å². The lowest BCUT2D eigenvalue weighted by Gasteiger charge is -2.30. The van der Waals surface area contributed by atoms with Crippen LogP contribution in [0, 0.1) is 0 Å². The Hall–Kier alpha value is -3.15. The van der Waals surface area contributed by atoms with Gasteiger partial charge in [0, 0.05) is 18.8 Å². The molecule has 1 aliphatic rings. The average Bonchev–Trinajstić information content (AvgIpc) is 2.69. The molecule has 0 N–H and O–H groups in total. The van der Waals surface area contributed by atoms with Crippen LogP contribution in [-0.2, 0) is 27.3 Å². The Morgan fingerprint density at radius 1 is 1.21 bits per heavy atom. The number of anilines is 1. The molecule has 0 fully saturated rings. The van der Waals surface area contributed by atoms with Crippen LogP contribution in [0.15, 0.2) is 48.7 Å². The number of aryl methyl sites for hydroxylation is 1. The molecule has 1 aromatic heterocycles. The quantitative estimate of drug-likeness (QED) is 0.563. The highest BCUT2D eigenvalue weighted by Gasteiger charge is 2.28. The summed E-state index contributed by atoms with van der Waals surface area (Å²) < 4.78 is 10.7. The SMILES string of the molecule is CC(C)(C)OC(=O)N1CCCc2cc(C=CC(=O)OCc3ccccc3)cnc21. The number of carbonyl (C=O) groups excluding carboxylic acids is 2. The molecule has 0 aliphatic carbocycles. The van der Waals surface area contributed by atoms with Crippen LogP contribution in [0.25, 0.3) is 6.08 Å². The lowest BCUT2D eigenvalue weighted by Crippen LogP contribution is -2.40. The van der Waals surface area contributed by atoms with Crippen LogP contribution in [0.5, 0.6) is 0 Å². The Morgan fingerprint density at radius 2 is 1.97 bits per heavy atom. The van der Waals surface area contributed by atoms with E-state index in [9.17, 15) is 9.59 Å². The molecular weight excluding hydrogens is 368 g/mol. The highest BCUT2D eigenvalue weighted by Crippen LogP contribution is 2.27. The van der Waals surface area contributed by atoms with Crippen molar-refractivity contribution < 1.29 is 19.1 Å². The molecule has 0 spiro atoms. The van der Waals surface area contributed by atoms with Crippen molar-refractivity contribution >= 4 is 24.0 Å². The number of benzene rings is 1. The maximum absolute atomic E-state index is 12.5. The highest BCUT2D eigenvalue weighted by molar-refractivity contribution is 5.89. The molecule has 0 atom stereocenters. The number of esters is 1. The molecule has 0 bridgehead atoms. The maximum Gasteiger partial charge on any atom is 0.416 e. The number of hydrogen-bond donors (Lipinski definition) is 0. The van der Waals surface area contributed by atoms with Gasteiger partial charge in [0.1, 0.15) is 18.0 Å². The average molecular weight is 394 g/mol. The van der Waals surface area contributed by atoms with E-state index in [2.05, 4.69) is 4.98 Å². The second-order valence-corrected chi connectivity index (χ2v) is 7.91. The maximum atomic E-state index is 12.5. The van der Waals surface area contributed by atoms with E-state index in [-0.39, 0.29) is 6.61 Å². The first-order valence-electron chi connectivity index (χ1n) is 9.70. The van der Waals surface area contributed by atoms with Gasteiger partial charge in [0.25, 0.3) is 0 Å². The third-order valence-corrected chi connectivity index (χ3v) is 4.30. The van der Waals surface area contributed by atoms with Crippen molar-refractivity contribution in [2.75, 3.05) is 11.4 Å². The molecule has 1 aromatic carbocycles. The number of hydrogen-bond acceptors (Lipinski definition) is 5. The van der Waals surface area contributed by atoms with Crippen LogP contribution in [0.2, 0.25) is 0 Å². The Labute approximate surface area is 171 Å². The molecule has 2 aromatic rings. The van der Waals surface area contributed by atoms with Crippen LogP contribution >= 0.6 is 0 Å².